The summed E-state index contributed by atoms with van der Waals surface area (Å²) in [7, 11) is 0. The summed E-state index contributed by atoms with van der Waals surface area (Å²) in [6.45, 7) is 3.92. The van der Waals surface area contributed by atoms with Crippen LogP contribution in [0, 0.1) is 6.92 Å². The number of aliphatic carboxylic acids is 1. The van der Waals surface area contributed by atoms with E-state index in [2.05, 4.69) is 0 Å². The van der Waals surface area contributed by atoms with Crippen molar-refractivity contribution in [1.29, 1.82) is 0 Å². The maximum Gasteiger partial charge on any atom is 0.416 e. The number of halogens is 3. The third-order valence-corrected chi connectivity index (χ3v) is 4.95. The molecule has 0 aromatic heterocycles. The van der Waals surface area contributed by atoms with Gasteiger partial charge in [-0.2, -0.15) is 13.2 Å². The van der Waals surface area contributed by atoms with Crippen molar-refractivity contribution in [1.82, 2.24) is 0 Å². The van der Waals surface area contributed by atoms with E-state index in [9.17, 15) is 18.0 Å². The van der Waals surface area contributed by atoms with Crippen molar-refractivity contribution < 1.29 is 37.3 Å². The lowest BCUT2D eigenvalue weighted by Crippen LogP contribution is -2.16. The molecular weight excluding hydrogens is 449 g/mol. The van der Waals surface area contributed by atoms with Crippen molar-refractivity contribution in [3.05, 3.63) is 83.4 Å². The topological polar surface area (TPSA) is 65.0 Å². The van der Waals surface area contributed by atoms with Gasteiger partial charge in [-0.1, -0.05) is 30.3 Å². The number of alkyl halides is 3. The summed E-state index contributed by atoms with van der Waals surface area (Å²) in [6.07, 6.45) is -4.49. The zero-order valence-corrected chi connectivity index (χ0v) is 18.8. The molecule has 0 saturated carbocycles. The lowest BCUT2D eigenvalue weighted by molar-refractivity contribution is -0.138. The van der Waals surface area contributed by atoms with Crippen LogP contribution >= 0.6 is 0 Å². The molecule has 34 heavy (non-hydrogen) atoms. The van der Waals surface area contributed by atoms with Crippen LogP contribution in [-0.4, -0.2) is 23.8 Å². The summed E-state index contributed by atoms with van der Waals surface area (Å²) >= 11 is 0. The summed E-state index contributed by atoms with van der Waals surface area (Å²) in [5.41, 5.74) is 0.666. The lowest BCUT2D eigenvalue weighted by atomic mass is 10.1. The monoisotopic (exact) mass is 474 g/mol. The van der Waals surface area contributed by atoms with Crippen LogP contribution in [0.5, 0.6) is 23.0 Å². The van der Waals surface area contributed by atoms with Crippen molar-refractivity contribution in [3.8, 4) is 23.0 Å². The molecule has 0 spiro atoms. The summed E-state index contributed by atoms with van der Waals surface area (Å²) in [5.74, 6) is 0.281. The van der Waals surface area contributed by atoms with Gasteiger partial charge < -0.3 is 19.3 Å². The number of aryl methyl sites for hydroxylation is 1. The SMILES string of the molecule is Cc1cc(CC(=O)O)ccc1OCCC(C)Oc1ccc(C(F)(F)F)cc1Oc1ccccc1. The van der Waals surface area contributed by atoms with Crippen LogP contribution in [0.2, 0.25) is 0 Å². The van der Waals surface area contributed by atoms with Gasteiger partial charge in [-0.05, 0) is 61.4 Å². The molecule has 0 radical (unpaired) electrons. The van der Waals surface area contributed by atoms with Gasteiger partial charge in [0.1, 0.15) is 11.5 Å². The number of ether oxygens (including phenoxy) is 3. The third-order valence-electron chi connectivity index (χ3n) is 4.95. The van der Waals surface area contributed by atoms with E-state index in [0.717, 1.165) is 17.7 Å². The van der Waals surface area contributed by atoms with Gasteiger partial charge in [0.15, 0.2) is 11.5 Å². The van der Waals surface area contributed by atoms with Crippen LogP contribution in [0.1, 0.15) is 30.0 Å². The Labute approximate surface area is 195 Å². The van der Waals surface area contributed by atoms with Gasteiger partial charge in [-0.25, -0.2) is 0 Å². The summed E-state index contributed by atoms with van der Waals surface area (Å²) in [4.78, 5) is 10.8. The number of carboxylic acid groups (broad SMARTS) is 1. The molecule has 3 aromatic carbocycles. The van der Waals surface area contributed by atoms with E-state index >= 15 is 0 Å². The first kappa shape index (κ1) is 25.0. The van der Waals surface area contributed by atoms with Crippen LogP contribution in [0.3, 0.4) is 0 Å². The van der Waals surface area contributed by atoms with Crippen molar-refractivity contribution in [2.45, 2.75) is 39.0 Å². The highest BCUT2D eigenvalue weighted by molar-refractivity contribution is 5.70. The minimum absolute atomic E-state index is 0.0290. The standard InChI is InChI=1S/C26H25F3O5/c1-17-14-19(15-25(30)31)8-10-22(17)32-13-12-18(2)33-23-11-9-20(26(27,28)29)16-24(23)34-21-6-4-3-5-7-21/h3-11,14,16,18H,12-13,15H2,1-2H3,(H,30,31). The summed E-state index contributed by atoms with van der Waals surface area (Å²) in [5, 5.41) is 8.90. The minimum Gasteiger partial charge on any atom is -0.493 e. The molecule has 8 heteroatoms. The normalized spacial score (nSPS) is 12.1. The first-order valence-electron chi connectivity index (χ1n) is 10.7. The number of hydrogen-bond donors (Lipinski definition) is 1. The highest BCUT2D eigenvalue weighted by Gasteiger charge is 2.31. The lowest BCUT2D eigenvalue weighted by Gasteiger charge is -2.19. The third kappa shape index (κ3) is 7.16. The molecule has 5 nitrogen and oxygen atoms in total. The zero-order chi connectivity index (χ0) is 24.7. The van der Waals surface area contributed by atoms with Gasteiger partial charge in [0.05, 0.1) is 24.7 Å². The predicted octanol–water partition coefficient (Wildman–Crippen LogP) is 6.67. The van der Waals surface area contributed by atoms with Gasteiger partial charge in [-0.3, -0.25) is 4.79 Å². The predicted molar refractivity (Wildman–Crippen MR) is 121 cm³/mol. The van der Waals surface area contributed by atoms with Crippen LogP contribution in [-0.2, 0) is 17.4 Å². The molecule has 1 N–H and O–H groups in total. The van der Waals surface area contributed by atoms with Crippen LogP contribution in [0.4, 0.5) is 13.2 Å². The molecule has 0 aliphatic rings. The van der Waals surface area contributed by atoms with Gasteiger partial charge in [0.2, 0.25) is 0 Å². The number of benzene rings is 3. The zero-order valence-electron chi connectivity index (χ0n) is 18.8. The molecule has 180 valence electrons. The molecule has 0 aliphatic heterocycles. The van der Waals surface area contributed by atoms with Crippen molar-refractivity contribution >= 4 is 5.97 Å². The quantitative estimate of drug-likeness (QED) is 0.356. The van der Waals surface area contributed by atoms with Crippen LogP contribution in [0.25, 0.3) is 0 Å². The van der Waals surface area contributed by atoms with E-state index in [4.69, 9.17) is 19.3 Å². The van der Waals surface area contributed by atoms with Crippen molar-refractivity contribution in [3.63, 3.8) is 0 Å². The fraction of sp³-hybridized carbons (Fsp3) is 0.269. The molecular formula is C26H25F3O5. The Bertz CT molecular complexity index is 1110. The maximum atomic E-state index is 13.2. The average molecular weight is 474 g/mol. The van der Waals surface area contributed by atoms with Gasteiger partial charge >= 0.3 is 12.1 Å². The number of hydrogen-bond acceptors (Lipinski definition) is 4. The fourth-order valence-electron chi connectivity index (χ4n) is 3.25. The molecule has 1 atom stereocenters. The van der Waals surface area contributed by atoms with Gasteiger partial charge in [-0.15, -0.1) is 0 Å². The maximum absolute atomic E-state index is 13.2. The molecule has 0 amide bonds. The molecule has 0 aliphatic carbocycles. The first-order valence-corrected chi connectivity index (χ1v) is 10.7. The molecule has 3 aromatic rings. The van der Waals surface area contributed by atoms with E-state index in [1.54, 1.807) is 55.5 Å². The van der Waals surface area contributed by atoms with Crippen LogP contribution < -0.4 is 14.2 Å². The molecule has 0 heterocycles. The van der Waals surface area contributed by atoms with E-state index in [0.29, 0.717) is 30.1 Å². The molecule has 3 rings (SSSR count). The summed E-state index contributed by atoms with van der Waals surface area (Å²) in [6, 6.07) is 16.8. The van der Waals surface area contributed by atoms with E-state index in [-0.39, 0.29) is 24.0 Å². The summed E-state index contributed by atoms with van der Waals surface area (Å²) < 4.78 is 57.0. The number of para-hydroxylation sites is 1. The number of carbonyl (C=O) groups is 1. The van der Waals surface area contributed by atoms with Crippen LogP contribution in [0.15, 0.2) is 66.7 Å². The van der Waals surface area contributed by atoms with Crippen molar-refractivity contribution in [2.75, 3.05) is 6.61 Å². The molecule has 1 unspecified atom stereocenters. The first-order chi connectivity index (χ1) is 16.1. The average Bonchev–Trinajstić information content (AvgIpc) is 2.76. The van der Waals surface area contributed by atoms with E-state index < -0.39 is 17.7 Å². The second-order valence-electron chi connectivity index (χ2n) is 7.81. The highest BCUT2D eigenvalue weighted by Crippen LogP contribution is 2.38. The molecule has 0 bridgehead atoms. The Morgan fingerprint density at radius 1 is 0.971 bits per heavy atom. The second kappa shape index (κ2) is 11.0. The smallest absolute Gasteiger partial charge is 0.416 e. The minimum atomic E-state index is -4.51. The van der Waals surface area contributed by atoms with Gasteiger partial charge in [0, 0.05) is 6.42 Å². The second-order valence-corrected chi connectivity index (χ2v) is 7.81. The highest BCUT2D eigenvalue weighted by atomic mass is 19.4. The Kier molecular flexibility index (Phi) is 8.04. The Hall–Kier alpha value is -3.68. The van der Waals surface area contributed by atoms with E-state index in [1.807, 2.05) is 6.92 Å². The van der Waals surface area contributed by atoms with E-state index in [1.165, 1.54) is 6.07 Å². The Morgan fingerprint density at radius 3 is 2.32 bits per heavy atom. The largest absolute Gasteiger partial charge is 0.493 e. The Balaban J connectivity index is 1.64. The van der Waals surface area contributed by atoms with Gasteiger partial charge in [0.25, 0.3) is 0 Å². The molecule has 0 saturated heterocycles. The number of rotatable bonds is 10. The van der Waals surface area contributed by atoms with Crippen molar-refractivity contribution in [2.24, 2.45) is 0 Å². The number of carboxylic acids is 1. The fourth-order valence-corrected chi connectivity index (χ4v) is 3.25. The Morgan fingerprint density at radius 2 is 1.68 bits per heavy atom. The molecule has 0 fully saturated rings.